The summed E-state index contributed by atoms with van der Waals surface area (Å²) in [5.41, 5.74) is 2.26. The van der Waals surface area contributed by atoms with Crippen molar-refractivity contribution in [3.63, 3.8) is 0 Å². The highest BCUT2D eigenvalue weighted by molar-refractivity contribution is 7.92. The molecule has 0 radical (unpaired) electrons. The zero-order chi connectivity index (χ0) is 23.5. The van der Waals surface area contributed by atoms with E-state index >= 15 is 0 Å². The number of halogens is 2. The molecule has 1 saturated heterocycles. The van der Waals surface area contributed by atoms with Crippen molar-refractivity contribution in [2.24, 2.45) is 11.8 Å². The topological polar surface area (TPSA) is 55.8 Å². The molecule has 1 aliphatic heterocycles. The molecule has 0 atom stereocenters. The van der Waals surface area contributed by atoms with Gasteiger partial charge in [0.2, 0.25) is 0 Å². The second-order valence-corrected chi connectivity index (χ2v) is 10.7. The lowest BCUT2D eigenvalue weighted by atomic mass is 10.0. The maximum atomic E-state index is 14.8. The minimum absolute atomic E-state index is 0.00208. The molecule has 2 aromatic rings. The summed E-state index contributed by atoms with van der Waals surface area (Å²) >= 11 is 0. The first-order valence-electron chi connectivity index (χ1n) is 10.9. The zero-order valence-corrected chi connectivity index (χ0v) is 19.8. The first-order valence-corrected chi connectivity index (χ1v) is 12.3. The van der Waals surface area contributed by atoms with Gasteiger partial charge in [-0.15, -0.1) is 0 Å². The van der Waals surface area contributed by atoms with Gasteiger partial charge in [-0.1, -0.05) is 31.5 Å². The molecule has 0 amide bonds. The lowest BCUT2D eigenvalue weighted by Gasteiger charge is -2.28. The second-order valence-electron chi connectivity index (χ2n) is 8.80. The smallest absolute Gasteiger partial charge is 0.264 e. The van der Waals surface area contributed by atoms with E-state index in [1.807, 2.05) is 39.8 Å². The van der Waals surface area contributed by atoms with Gasteiger partial charge in [0, 0.05) is 19.8 Å². The number of hydrogen-bond donors (Lipinski definition) is 0. The Hall–Kier alpha value is -2.19. The van der Waals surface area contributed by atoms with Crippen molar-refractivity contribution in [2.45, 2.75) is 45.4 Å². The summed E-state index contributed by atoms with van der Waals surface area (Å²) in [6, 6.07) is 7.11. The molecule has 0 saturated carbocycles. The Morgan fingerprint density at radius 3 is 2.28 bits per heavy atom. The van der Waals surface area contributed by atoms with Gasteiger partial charge in [0.25, 0.3) is 10.0 Å². The normalized spacial score (nSPS) is 15.2. The molecule has 0 spiro atoms. The molecule has 0 aromatic heterocycles. The van der Waals surface area contributed by atoms with Crippen molar-refractivity contribution in [3.05, 3.63) is 53.1 Å². The van der Waals surface area contributed by atoms with Crippen LogP contribution in [0.15, 0.2) is 35.2 Å². The van der Waals surface area contributed by atoms with Crippen LogP contribution in [0.5, 0.6) is 5.75 Å². The molecule has 1 heterocycles. The van der Waals surface area contributed by atoms with E-state index in [1.165, 1.54) is 4.31 Å². The number of anilines is 1. The highest BCUT2D eigenvalue weighted by Gasteiger charge is 2.29. The number of aryl methyl sites for hydroxylation is 2. The van der Waals surface area contributed by atoms with E-state index in [9.17, 15) is 17.2 Å². The molecule has 8 heteroatoms. The van der Waals surface area contributed by atoms with Crippen LogP contribution >= 0.6 is 0 Å². The summed E-state index contributed by atoms with van der Waals surface area (Å²) < 4.78 is 68.4. The SMILES string of the molecule is Cc1ccc(N(CC(C)C)S(=O)(=O)c2cc(F)c(OCC3CCOCC3)c(F)c2)c(C)c1. The van der Waals surface area contributed by atoms with Gasteiger partial charge in [0.15, 0.2) is 17.4 Å². The van der Waals surface area contributed by atoms with E-state index in [0.29, 0.717) is 18.9 Å². The predicted octanol–water partition coefficient (Wildman–Crippen LogP) is 5.24. The first kappa shape index (κ1) is 24.5. The van der Waals surface area contributed by atoms with Crippen molar-refractivity contribution in [2.75, 3.05) is 30.7 Å². The van der Waals surface area contributed by atoms with Crippen molar-refractivity contribution >= 4 is 15.7 Å². The largest absolute Gasteiger partial charge is 0.487 e. The summed E-state index contributed by atoms with van der Waals surface area (Å²) in [5.74, 6) is -2.45. The number of rotatable bonds is 8. The number of hydrogen-bond acceptors (Lipinski definition) is 4. The van der Waals surface area contributed by atoms with Gasteiger partial charge in [-0.25, -0.2) is 17.2 Å². The number of nitrogens with zero attached hydrogens (tertiary/aromatic N) is 1. The van der Waals surface area contributed by atoms with Crippen LogP contribution in [0.2, 0.25) is 0 Å². The molecular formula is C24H31F2NO4S. The molecule has 0 bridgehead atoms. The average Bonchev–Trinajstić information content (AvgIpc) is 2.72. The van der Waals surface area contributed by atoms with Crippen LogP contribution in [0.25, 0.3) is 0 Å². The van der Waals surface area contributed by atoms with E-state index in [0.717, 1.165) is 36.1 Å². The fourth-order valence-electron chi connectivity index (χ4n) is 3.81. The Kier molecular flexibility index (Phi) is 7.77. The Balaban J connectivity index is 1.92. The third kappa shape index (κ3) is 5.59. The van der Waals surface area contributed by atoms with Crippen molar-refractivity contribution in [1.29, 1.82) is 0 Å². The second kappa shape index (κ2) is 10.2. The van der Waals surface area contributed by atoms with Crippen LogP contribution in [0.4, 0.5) is 14.5 Å². The summed E-state index contributed by atoms with van der Waals surface area (Å²) in [5, 5.41) is 0. The van der Waals surface area contributed by atoms with Gasteiger partial charge in [0.1, 0.15) is 0 Å². The van der Waals surface area contributed by atoms with Gasteiger partial charge in [-0.05, 0) is 62.3 Å². The van der Waals surface area contributed by atoms with Gasteiger partial charge >= 0.3 is 0 Å². The fraction of sp³-hybridized carbons (Fsp3) is 0.500. The van der Waals surface area contributed by atoms with Gasteiger partial charge in [0.05, 0.1) is 17.2 Å². The average molecular weight is 468 g/mol. The van der Waals surface area contributed by atoms with Crippen molar-refractivity contribution in [1.82, 2.24) is 0 Å². The van der Waals surface area contributed by atoms with Crippen LogP contribution in [0.3, 0.4) is 0 Å². The zero-order valence-electron chi connectivity index (χ0n) is 19.0. The van der Waals surface area contributed by atoms with E-state index in [2.05, 4.69) is 0 Å². The molecule has 1 aliphatic rings. The molecule has 5 nitrogen and oxygen atoms in total. The van der Waals surface area contributed by atoms with Crippen LogP contribution in [-0.4, -0.2) is 34.8 Å². The molecular weight excluding hydrogens is 436 g/mol. The Morgan fingerprint density at radius 1 is 1.09 bits per heavy atom. The molecule has 0 aliphatic carbocycles. The standard InChI is InChI=1S/C24H31F2NO4S/c1-16(2)14-27(23-6-5-17(3)11-18(23)4)32(28,29)20-12-21(25)24(22(26)13-20)31-15-19-7-9-30-10-8-19/h5-6,11-13,16,19H,7-10,14-15H2,1-4H3. The highest BCUT2D eigenvalue weighted by atomic mass is 32.2. The number of benzene rings is 2. The number of sulfonamides is 1. The molecule has 176 valence electrons. The maximum absolute atomic E-state index is 14.8. The van der Waals surface area contributed by atoms with Crippen LogP contribution in [0.1, 0.15) is 37.8 Å². The third-order valence-electron chi connectivity index (χ3n) is 5.52. The Labute approximate surface area is 189 Å². The van der Waals surface area contributed by atoms with Gasteiger partial charge in [-0.3, -0.25) is 4.31 Å². The van der Waals surface area contributed by atoms with E-state index in [-0.39, 0.29) is 25.0 Å². The van der Waals surface area contributed by atoms with Crippen LogP contribution in [-0.2, 0) is 14.8 Å². The molecule has 0 N–H and O–H groups in total. The monoisotopic (exact) mass is 467 g/mol. The predicted molar refractivity (Wildman–Crippen MR) is 121 cm³/mol. The Bertz CT molecular complexity index is 1030. The molecule has 3 rings (SSSR count). The summed E-state index contributed by atoms with van der Waals surface area (Å²) in [6.07, 6.45) is 1.52. The lowest BCUT2D eigenvalue weighted by Crippen LogP contribution is -2.35. The molecule has 32 heavy (non-hydrogen) atoms. The molecule has 2 aromatic carbocycles. The van der Waals surface area contributed by atoms with Crippen molar-refractivity contribution < 1.29 is 26.7 Å². The molecule has 0 unspecified atom stereocenters. The van der Waals surface area contributed by atoms with Crippen LogP contribution < -0.4 is 9.04 Å². The first-order chi connectivity index (χ1) is 15.1. The third-order valence-corrected chi connectivity index (χ3v) is 7.27. The summed E-state index contributed by atoms with van der Waals surface area (Å²) in [7, 11) is -4.20. The van der Waals surface area contributed by atoms with Crippen LogP contribution in [0, 0.1) is 37.3 Å². The van der Waals surface area contributed by atoms with Gasteiger partial charge < -0.3 is 9.47 Å². The van der Waals surface area contributed by atoms with E-state index < -0.39 is 32.3 Å². The summed E-state index contributed by atoms with van der Waals surface area (Å²) in [4.78, 5) is -0.438. The lowest BCUT2D eigenvalue weighted by molar-refractivity contribution is 0.0485. The quantitative estimate of drug-likeness (QED) is 0.533. The summed E-state index contributed by atoms with van der Waals surface area (Å²) in [6.45, 7) is 9.05. The van der Waals surface area contributed by atoms with E-state index in [4.69, 9.17) is 9.47 Å². The van der Waals surface area contributed by atoms with Gasteiger partial charge in [-0.2, -0.15) is 0 Å². The minimum atomic E-state index is -4.20. The van der Waals surface area contributed by atoms with Crippen molar-refractivity contribution in [3.8, 4) is 5.75 Å². The Morgan fingerprint density at radius 2 is 1.72 bits per heavy atom. The number of ether oxygens (including phenoxy) is 2. The highest BCUT2D eigenvalue weighted by Crippen LogP contribution is 2.32. The maximum Gasteiger partial charge on any atom is 0.264 e. The van der Waals surface area contributed by atoms with E-state index in [1.54, 1.807) is 6.07 Å². The fourth-order valence-corrected chi connectivity index (χ4v) is 5.53. The molecule has 1 fully saturated rings. The minimum Gasteiger partial charge on any atom is -0.487 e.